The lowest BCUT2D eigenvalue weighted by Gasteiger charge is -2.13. The summed E-state index contributed by atoms with van der Waals surface area (Å²) in [7, 11) is -3.26. The van der Waals surface area contributed by atoms with Crippen LogP contribution in [0.25, 0.3) is 0 Å². The summed E-state index contributed by atoms with van der Waals surface area (Å²) in [5.74, 6) is -0.996. The summed E-state index contributed by atoms with van der Waals surface area (Å²) < 4.78 is 29.0. The largest absolute Gasteiger partial charge is 0.479 e. The zero-order chi connectivity index (χ0) is 15.2. The molecule has 0 aromatic heterocycles. The van der Waals surface area contributed by atoms with E-state index in [1.807, 2.05) is 0 Å². The van der Waals surface area contributed by atoms with Crippen LogP contribution in [0, 0.1) is 0 Å². The van der Waals surface area contributed by atoms with E-state index in [1.54, 1.807) is 0 Å². The average molecular weight is 309 g/mol. The van der Waals surface area contributed by atoms with Gasteiger partial charge in [-0.2, -0.15) is 0 Å². The summed E-state index contributed by atoms with van der Waals surface area (Å²) >= 11 is 0. The molecule has 1 heterocycles. The smallest absolute Gasteiger partial charge is 0.332 e. The van der Waals surface area contributed by atoms with Crippen molar-refractivity contribution < 1.29 is 27.9 Å². The summed E-state index contributed by atoms with van der Waals surface area (Å²) in [6, 6.07) is -0.456. The molecule has 1 saturated heterocycles. The van der Waals surface area contributed by atoms with Gasteiger partial charge in [-0.25, -0.2) is 22.7 Å². The molecule has 1 aliphatic heterocycles. The van der Waals surface area contributed by atoms with E-state index in [2.05, 4.69) is 15.4 Å². The Morgan fingerprint density at radius 2 is 1.95 bits per heavy atom. The predicted octanol–water partition coefficient (Wildman–Crippen LogP) is -1.53. The number of aliphatic carboxylic acids is 1. The van der Waals surface area contributed by atoms with Crippen LogP contribution >= 0.6 is 0 Å². The fourth-order valence-corrected chi connectivity index (χ4v) is 2.19. The zero-order valence-corrected chi connectivity index (χ0v) is 11.9. The summed E-state index contributed by atoms with van der Waals surface area (Å²) in [5.41, 5.74) is 0. The normalized spacial score (nSPS) is 22.4. The van der Waals surface area contributed by atoms with Crippen molar-refractivity contribution in [3.8, 4) is 0 Å². The standard InChI is InChI=1S/C10H19N3O6S/c1-20(17,18)13-5-4-11-10(16)12-6-7-2-3-8(19-7)9(14)15/h7-8,13H,2-6H2,1H3,(H,14,15)(H2,11,12,16). The van der Waals surface area contributed by atoms with Crippen molar-refractivity contribution in [2.45, 2.75) is 25.0 Å². The number of ether oxygens (including phenoxy) is 1. The number of carbonyl (C=O) groups excluding carboxylic acids is 1. The first-order valence-corrected chi connectivity index (χ1v) is 8.01. The SMILES string of the molecule is CS(=O)(=O)NCCNC(=O)NCC1CCC(C(=O)O)O1. The molecule has 0 aliphatic carbocycles. The van der Waals surface area contributed by atoms with Crippen molar-refractivity contribution >= 4 is 22.0 Å². The maximum Gasteiger partial charge on any atom is 0.332 e. The van der Waals surface area contributed by atoms with Gasteiger partial charge in [-0.3, -0.25) is 0 Å². The van der Waals surface area contributed by atoms with E-state index in [0.29, 0.717) is 12.8 Å². The third kappa shape index (κ3) is 6.68. The Labute approximate surface area is 117 Å². The van der Waals surface area contributed by atoms with Crippen LogP contribution in [0.2, 0.25) is 0 Å². The Morgan fingerprint density at radius 1 is 1.25 bits per heavy atom. The van der Waals surface area contributed by atoms with Gasteiger partial charge in [-0.1, -0.05) is 0 Å². The third-order valence-electron chi connectivity index (χ3n) is 2.65. The molecule has 2 atom stereocenters. The minimum Gasteiger partial charge on any atom is -0.479 e. The molecule has 10 heteroatoms. The zero-order valence-electron chi connectivity index (χ0n) is 11.1. The number of sulfonamides is 1. The molecule has 116 valence electrons. The van der Waals surface area contributed by atoms with Gasteiger partial charge in [0.1, 0.15) is 0 Å². The number of carboxylic acid groups (broad SMARTS) is 1. The summed E-state index contributed by atoms with van der Waals surface area (Å²) in [6.07, 6.45) is 0.928. The van der Waals surface area contributed by atoms with Gasteiger partial charge in [-0.05, 0) is 12.8 Å². The highest BCUT2D eigenvalue weighted by Gasteiger charge is 2.30. The van der Waals surface area contributed by atoms with E-state index >= 15 is 0 Å². The molecule has 1 aliphatic rings. The molecule has 1 rings (SSSR count). The molecular formula is C10H19N3O6S. The van der Waals surface area contributed by atoms with Crippen molar-refractivity contribution in [3.05, 3.63) is 0 Å². The van der Waals surface area contributed by atoms with Crippen molar-refractivity contribution in [3.63, 3.8) is 0 Å². The molecule has 1 fully saturated rings. The Morgan fingerprint density at radius 3 is 2.50 bits per heavy atom. The second kappa shape index (κ2) is 7.41. The van der Waals surface area contributed by atoms with Gasteiger partial charge in [0.2, 0.25) is 10.0 Å². The van der Waals surface area contributed by atoms with Crippen LogP contribution in [0.3, 0.4) is 0 Å². The van der Waals surface area contributed by atoms with Crippen molar-refractivity contribution in [1.82, 2.24) is 15.4 Å². The molecule has 20 heavy (non-hydrogen) atoms. The number of rotatable bonds is 7. The highest BCUT2D eigenvalue weighted by Crippen LogP contribution is 2.18. The molecule has 4 N–H and O–H groups in total. The van der Waals surface area contributed by atoms with Crippen LogP contribution in [0.5, 0.6) is 0 Å². The van der Waals surface area contributed by atoms with Gasteiger partial charge < -0.3 is 20.5 Å². The summed E-state index contributed by atoms with van der Waals surface area (Å²) in [4.78, 5) is 22.0. The van der Waals surface area contributed by atoms with Gasteiger partial charge in [0, 0.05) is 19.6 Å². The molecule has 0 aromatic carbocycles. The highest BCUT2D eigenvalue weighted by atomic mass is 32.2. The summed E-state index contributed by atoms with van der Waals surface area (Å²) in [6.45, 7) is 0.477. The Hall–Kier alpha value is -1.39. The Kier molecular flexibility index (Phi) is 6.17. The quantitative estimate of drug-likeness (QED) is 0.421. The number of amides is 2. The lowest BCUT2D eigenvalue weighted by Crippen LogP contribution is -2.42. The average Bonchev–Trinajstić information content (AvgIpc) is 2.80. The van der Waals surface area contributed by atoms with Gasteiger partial charge >= 0.3 is 12.0 Å². The van der Waals surface area contributed by atoms with Crippen LogP contribution in [0.1, 0.15) is 12.8 Å². The fraction of sp³-hybridized carbons (Fsp3) is 0.800. The van der Waals surface area contributed by atoms with E-state index in [1.165, 1.54) is 0 Å². The number of hydrogen-bond donors (Lipinski definition) is 4. The first-order chi connectivity index (χ1) is 9.28. The van der Waals surface area contributed by atoms with Crippen LogP contribution in [0.4, 0.5) is 4.79 Å². The second-order valence-electron chi connectivity index (χ2n) is 4.47. The molecule has 2 amide bonds. The fourth-order valence-electron chi connectivity index (χ4n) is 1.72. The molecular weight excluding hydrogens is 290 g/mol. The van der Waals surface area contributed by atoms with Gasteiger partial charge in [0.05, 0.1) is 12.4 Å². The summed E-state index contributed by atoms with van der Waals surface area (Å²) in [5, 5.41) is 13.7. The Balaban J connectivity index is 2.10. The van der Waals surface area contributed by atoms with Crippen LogP contribution in [-0.4, -0.2) is 63.6 Å². The van der Waals surface area contributed by atoms with Crippen molar-refractivity contribution in [2.24, 2.45) is 0 Å². The highest BCUT2D eigenvalue weighted by molar-refractivity contribution is 7.88. The van der Waals surface area contributed by atoms with Crippen molar-refractivity contribution in [2.75, 3.05) is 25.9 Å². The lowest BCUT2D eigenvalue weighted by atomic mass is 10.2. The Bertz CT molecular complexity index is 452. The van der Waals surface area contributed by atoms with E-state index in [9.17, 15) is 18.0 Å². The number of urea groups is 1. The molecule has 0 saturated carbocycles. The van der Waals surface area contributed by atoms with E-state index < -0.39 is 28.1 Å². The van der Waals surface area contributed by atoms with E-state index in [4.69, 9.17) is 9.84 Å². The molecule has 2 unspecified atom stereocenters. The van der Waals surface area contributed by atoms with Gasteiger partial charge in [0.15, 0.2) is 6.10 Å². The number of carbonyl (C=O) groups is 2. The maximum absolute atomic E-state index is 11.4. The van der Waals surface area contributed by atoms with E-state index in [-0.39, 0.29) is 25.7 Å². The number of nitrogens with one attached hydrogen (secondary N) is 3. The molecule has 0 radical (unpaired) electrons. The first-order valence-electron chi connectivity index (χ1n) is 6.12. The van der Waals surface area contributed by atoms with Gasteiger partial charge in [0.25, 0.3) is 0 Å². The van der Waals surface area contributed by atoms with Crippen LogP contribution < -0.4 is 15.4 Å². The maximum atomic E-state index is 11.4. The number of carboxylic acids is 1. The van der Waals surface area contributed by atoms with Gasteiger partial charge in [-0.15, -0.1) is 0 Å². The van der Waals surface area contributed by atoms with Crippen LogP contribution in [0.15, 0.2) is 0 Å². The van der Waals surface area contributed by atoms with E-state index in [0.717, 1.165) is 6.26 Å². The van der Waals surface area contributed by atoms with Crippen molar-refractivity contribution in [1.29, 1.82) is 0 Å². The molecule has 0 bridgehead atoms. The molecule has 0 aromatic rings. The first kappa shape index (κ1) is 16.7. The monoisotopic (exact) mass is 309 g/mol. The molecule has 0 spiro atoms. The minimum absolute atomic E-state index is 0.104. The van der Waals surface area contributed by atoms with Crippen LogP contribution in [-0.2, 0) is 19.6 Å². The second-order valence-corrected chi connectivity index (χ2v) is 6.30. The molecule has 9 nitrogen and oxygen atoms in total. The number of hydrogen-bond acceptors (Lipinski definition) is 5. The minimum atomic E-state index is -3.26. The lowest BCUT2D eigenvalue weighted by molar-refractivity contribution is -0.149. The topological polar surface area (TPSA) is 134 Å². The predicted molar refractivity (Wildman–Crippen MR) is 69.8 cm³/mol. The third-order valence-corrected chi connectivity index (χ3v) is 3.38.